The second-order valence-electron chi connectivity index (χ2n) is 17.6. The van der Waals surface area contributed by atoms with Crippen LogP contribution < -0.4 is 0 Å². The van der Waals surface area contributed by atoms with Gasteiger partial charge in [0.25, 0.3) is 0 Å². The molecular weight excluding hydrogens is 833 g/mol. The maximum absolute atomic E-state index is 12.3. The van der Waals surface area contributed by atoms with E-state index in [-0.39, 0.29) is 11.6 Å². The van der Waals surface area contributed by atoms with E-state index in [4.69, 9.17) is 9.97 Å². The van der Waals surface area contributed by atoms with Crippen LogP contribution in [0.5, 0.6) is 0 Å². The topological polar surface area (TPSA) is 69.8 Å². The van der Waals surface area contributed by atoms with Gasteiger partial charge in [-0.05, 0) is 81.3 Å². The summed E-state index contributed by atoms with van der Waals surface area (Å²) in [6.45, 7) is 0. The number of aromatic nitrogens is 4. The number of nitrogens with zero attached hydrogens (tertiary/aromatic N) is 4. The maximum Gasteiger partial charge on any atom is 0.178 e. The predicted molar refractivity (Wildman–Crippen MR) is 273 cm³/mol. The van der Waals surface area contributed by atoms with E-state index in [2.05, 4.69) is 155 Å². The largest absolute Gasteiger partial charge is 0.306 e. The standard InChI is InChI=1S/2C31H20N2O/c2*34-24-17-19-31(20-18-24)26-16-8-14-21-13-7-15-25(27(21)26)30-32-28(22-9-3-1-4-10-22)29(33(30)31)23-11-5-2-6-12-23/h2*1-20H. The Labute approximate surface area is 392 Å². The summed E-state index contributed by atoms with van der Waals surface area (Å²) in [5, 5.41) is 4.71. The minimum absolute atomic E-state index is 0.00266. The van der Waals surface area contributed by atoms with Crippen molar-refractivity contribution >= 4 is 33.1 Å². The fourth-order valence-corrected chi connectivity index (χ4v) is 10.9. The van der Waals surface area contributed by atoms with Gasteiger partial charge in [-0.1, -0.05) is 194 Å². The van der Waals surface area contributed by atoms with Crippen molar-refractivity contribution in [2.24, 2.45) is 0 Å². The first-order valence-electron chi connectivity index (χ1n) is 22.9. The van der Waals surface area contributed by atoms with Crippen LogP contribution in [0.4, 0.5) is 0 Å². The second-order valence-corrected chi connectivity index (χ2v) is 17.6. The number of ketones is 2. The lowest BCUT2D eigenvalue weighted by Gasteiger charge is -2.39. The Hall–Kier alpha value is -9.00. The zero-order chi connectivity index (χ0) is 45.4. The molecule has 4 heterocycles. The highest BCUT2D eigenvalue weighted by atomic mass is 16.1. The van der Waals surface area contributed by atoms with Gasteiger partial charge in [0.05, 0.1) is 22.8 Å². The minimum atomic E-state index is -0.650. The SMILES string of the molecule is O=C1C=CC2(C=C1)c1cccc3cccc(c13)-c1nc(-c3ccccc3)c(-c3ccccc3)n12.O=C1C=CC2(C=C1)c1cccc3cccc(c13)-c1nc(-c3ccccc3)c(-c3ccccc3)n12. The van der Waals surface area contributed by atoms with Crippen molar-refractivity contribution in [1.82, 2.24) is 19.1 Å². The van der Waals surface area contributed by atoms with Crippen LogP contribution in [0.25, 0.3) is 89.4 Å². The zero-order valence-electron chi connectivity index (χ0n) is 36.7. The Balaban J connectivity index is 0.000000134. The molecule has 68 heavy (non-hydrogen) atoms. The van der Waals surface area contributed by atoms with Crippen LogP contribution >= 0.6 is 0 Å². The van der Waals surface area contributed by atoms with Gasteiger partial charge in [-0.25, -0.2) is 9.97 Å². The Kier molecular flexibility index (Phi) is 8.86. The van der Waals surface area contributed by atoms with Crippen molar-refractivity contribution in [3.8, 4) is 67.8 Å². The van der Waals surface area contributed by atoms with Crippen LogP contribution in [-0.2, 0) is 20.7 Å². The van der Waals surface area contributed by atoms with Crippen molar-refractivity contribution in [1.29, 1.82) is 0 Å². The molecule has 2 spiro atoms. The Morgan fingerprint density at radius 1 is 0.338 bits per heavy atom. The molecular formula is C62H40N4O2. The number of hydrogen-bond acceptors (Lipinski definition) is 4. The molecule has 0 unspecified atom stereocenters. The number of hydrogen-bond donors (Lipinski definition) is 0. The van der Waals surface area contributed by atoms with E-state index >= 15 is 0 Å². The van der Waals surface area contributed by atoms with Gasteiger partial charge in [0.2, 0.25) is 0 Å². The highest BCUT2D eigenvalue weighted by Crippen LogP contribution is 2.53. The van der Waals surface area contributed by atoms with Crippen LogP contribution in [0.1, 0.15) is 11.1 Å². The van der Waals surface area contributed by atoms with Crippen LogP contribution in [-0.4, -0.2) is 30.7 Å². The van der Waals surface area contributed by atoms with Crippen LogP contribution in [0, 0.1) is 0 Å². The fourth-order valence-electron chi connectivity index (χ4n) is 10.9. The molecule has 0 N–H and O–H groups in total. The Morgan fingerprint density at radius 3 is 1.01 bits per heavy atom. The maximum atomic E-state index is 12.3. The third kappa shape index (κ3) is 5.84. The van der Waals surface area contributed by atoms with Crippen molar-refractivity contribution in [3.05, 3.63) is 254 Å². The number of benzene rings is 8. The first-order valence-corrected chi connectivity index (χ1v) is 22.9. The van der Waals surface area contributed by atoms with Gasteiger partial charge < -0.3 is 9.13 Å². The zero-order valence-corrected chi connectivity index (χ0v) is 36.7. The molecule has 320 valence electrons. The molecule has 0 bridgehead atoms. The number of carbonyl (C=O) groups is 2. The molecule has 6 nitrogen and oxygen atoms in total. The summed E-state index contributed by atoms with van der Waals surface area (Å²) >= 11 is 0. The average molecular weight is 873 g/mol. The van der Waals surface area contributed by atoms with Crippen LogP contribution in [0.15, 0.2) is 243 Å². The molecule has 0 saturated heterocycles. The summed E-state index contributed by atoms with van der Waals surface area (Å²) in [5.41, 5.74) is 11.5. The lowest BCUT2D eigenvalue weighted by atomic mass is 9.78. The molecule has 10 aromatic rings. The summed E-state index contributed by atoms with van der Waals surface area (Å²) in [6.07, 6.45) is 14.9. The normalized spacial score (nSPS) is 15.1. The highest BCUT2D eigenvalue weighted by Gasteiger charge is 2.44. The van der Waals surface area contributed by atoms with Gasteiger partial charge in [-0.15, -0.1) is 0 Å². The van der Waals surface area contributed by atoms with E-state index in [9.17, 15) is 9.59 Å². The molecule has 2 aliphatic carbocycles. The van der Waals surface area contributed by atoms with Crippen molar-refractivity contribution in [3.63, 3.8) is 0 Å². The van der Waals surface area contributed by atoms with Gasteiger partial charge in [0.15, 0.2) is 11.6 Å². The van der Waals surface area contributed by atoms with Gasteiger partial charge in [-0.2, -0.15) is 0 Å². The summed E-state index contributed by atoms with van der Waals surface area (Å²) in [6, 6.07) is 67.1. The Morgan fingerprint density at radius 2 is 0.662 bits per heavy atom. The first kappa shape index (κ1) is 39.4. The molecule has 0 fully saturated rings. The van der Waals surface area contributed by atoms with Crippen LogP contribution in [0.2, 0.25) is 0 Å². The smallest absolute Gasteiger partial charge is 0.178 e. The lowest BCUT2D eigenvalue weighted by Crippen LogP contribution is -2.36. The van der Waals surface area contributed by atoms with E-state index in [0.717, 1.165) is 78.9 Å². The third-order valence-electron chi connectivity index (χ3n) is 13.8. The molecule has 4 aliphatic rings. The van der Waals surface area contributed by atoms with Crippen molar-refractivity contribution in [2.45, 2.75) is 11.1 Å². The molecule has 2 aromatic heterocycles. The quantitative estimate of drug-likeness (QED) is 0.177. The molecule has 14 rings (SSSR count). The van der Waals surface area contributed by atoms with E-state index in [0.29, 0.717) is 0 Å². The molecule has 0 atom stereocenters. The van der Waals surface area contributed by atoms with E-state index in [1.807, 2.05) is 72.8 Å². The Bertz CT molecular complexity index is 3520. The summed E-state index contributed by atoms with van der Waals surface area (Å²) in [5.74, 6) is 1.82. The highest BCUT2D eigenvalue weighted by molar-refractivity contribution is 6.07. The summed E-state index contributed by atoms with van der Waals surface area (Å²) < 4.78 is 4.64. The summed E-state index contributed by atoms with van der Waals surface area (Å²) in [4.78, 5) is 35.1. The third-order valence-corrected chi connectivity index (χ3v) is 13.8. The number of imidazole rings is 2. The van der Waals surface area contributed by atoms with E-state index < -0.39 is 11.1 Å². The molecule has 2 aliphatic heterocycles. The molecule has 0 saturated carbocycles. The van der Waals surface area contributed by atoms with Crippen LogP contribution in [0.3, 0.4) is 0 Å². The lowest BCUT2D eigenvalue weighted by molar-refractivity contribution is -0.111. The fraction of sp³-hybridized carbons (Fsp3) is 0.0323. The van der Waals surface area contributed by atoms with Gasteiger partial charge in [-0.3, -0.25) is 9.59 Å². The molecule has 0 radical (unpaired) electrons. The summed E-state index contributed by atoms with van der Waals surface area (Å²) in [7, 11) is 0. The van der Waals surface area contributed by atoms with E-state index in [1.165, 1.54) is 21.5 Å². The van der Waals surface area contributed by atoms with E-state index in [1.54, 1.807) is 24.3 Å². The van der Waals surface area contributed by atoms with Gasteiger partial charge in [0, 0.05) is 33.4 Å². The van der Waals surface area contributed by atoms with Gasteiger partial charge in [0.1, 0.15) is 22.7 Å². The van der Waals surface area contributed by atoms with Crippen molar-refractivity contribution < 1.29 is 9.59 Å². The number of carbonyl (C=O) groups excluding carboxylic acids is 2. The molecule has 6 heteroatoms. The number of allylic oxidation sites excluding steroid dienone is 8. The number of rotatable bonds is 4. The number of fused-ring (bicyclic) bond motifs is 8. The van der Waals surface area contributed by atoms with Gasteiger partial charge >= 0.3 is 0 Å². The first-order chi connectivity index (χ1) is 33.5. The van der Waals surface area contributed by atoms with Crippen molar-refractivity contribution in [2.75, 3.05) is 0 Å². The monoisotopic (exact) mass is 872 g/mol. The molecule has 0 amide bonds. The minimum Gasteiger partial charge on any atom is -0.306 e. The second kappa shape index (κ2) is 15.3. The average Bonchev–Trinajstić information content (AvgIpc) is 4.02. The molecule has 8 aromatic carbocycles. The predicted octanol–water partition coefficient (Wildman–Crippen LogP) is 13.6.